The lowest BCUT2D eigenvalue weighted by molar-refractivity contribution is -0.134. The topological polar surface area (TPSA) is 66.0 Å². The highest BCUT2D eigenvalue weighted by molar-refractivity contribution is 9.10. The molecular formula is C27H31Br2ClN4O3. The highest BCUT2D eigenvalue weighted by Gasteiger charge is 2.35. The van der Waals surface area contributed by atoms with E-state index in [1.54, 1.807) is 4.90 Å². The van der Waals surface area contributed by atoms with Crippen LogP contribution in [0.15, 0.2) is 33.3 Å². The lowest BCUT2D eigenvalue weighted by Gasteiger charge is -2.40. The van der Waals surface area contributed by atoms with Crippen molar-refractivity contribution < 1.29 is 14.3 Å². The van der Waals surface area contributed by atoms with E-state index in [9.17, 15) is 9.59 Å². The van der Waals surface area contributed by atoms with E-state index >= 15 is 0 Å². The van der Waals surface area contributed by atoms with Crippen molar-refractivity contribution in [2.45, 2.75) is 38.1 Å². The second-order valence-electron chi connectivity index (χ2n) is 10.1. The van der Waals surface area contributed by atoms with E-state index in [-0.39, 0.29) is 18.0 Å². The van der Waals surface area contributed by atoms with E-state index in [0.717, 1.165) is 58.4 Å². The van der Waals surface area contributed by atoms with Gasteiger partial charge >= 0.3 is 6.09 Å². The molecule has 5 rings (SSSR count). The molecule has 2 amide bonds. The van der Waals surface area contributed by atoms with Crippen molar-refractivity contribution in [3.05, 3.63) is 60.7 Å². The smallest absolute Gasteiger partial charge is 0.409 e. The summed E-state index contributed by atoms with van der Waals surface area (Å²) in [6, 6.07) is 6.31. The number of piperazine rings is 1. The number of aromatic nitrogens is 1. The van der Waals surface area contributed by atoms with Gasteiger partial charge in [0.2, 0.25) is 5.91 Å². The zero-order valence-electron chi connectivity index (χ0n) is 20.9. The summed E-state index contributed by atoms with van der Waals surface area (Å²) in [6.45, 7) is 4.28. The van der Waals surface area contributed by atoms with Crippen molar-refractivity contribution in [2.75, 3.05) is 46.4 Å². The maximum absolute atomic E-state index is 13.2. The van der Waals surface area contributed by atoms with Gasteiger partial charge in [-0.3, -0.25) is 14.7 Å². The molecule has 0 N–H and O–H groups in total. The molecule has 3 heterocycles. The lowest BCUT2D eigenvalue weighted by atomic mass is 9.93. The molecule has 1 atom stereocenters. The summed E-state index contributed by atoms with van der Waals surface area (Å²) in [5.41, 5.74) is 4.81. The molecule has 198 valence electrons. The van der Waals surface area contributed by atoms with Gasteiger partial charge in [0.1, 0.15) is 0 Å². The van der Waals surface area contributed by atoms with Crippen molar-refractivity contribution in [1.29, 1.82) is 0 Å². The second-order valence-corrected chi connectivity index (χ2v) is 12.2. The summed E-state index contributed by atoms with van der Waals surface area (Å²) in [7, 11) is 1.41. The van der Waals surface area contributed by atoms with Gasteiger partial charge in [-0.15, -0.1) is 0 Å². The van der Waals surface area contributed by atoms with Gasteiger partial charge in [0.25, 0.3) is 0 Å². The number of piperidine rings is 1. The molecule has 0 saturated carbocycles. The van der Waals surface area contributed by atoms with Crippen LogP contribution < -0.4 is 0 Å². The number of methoxy groups -OCH3 is 1. The van der Waals surface area contributed by atoms with Gasteiger partial charge in [-0.05, 0) is 92.3 Å². The molecular weight excluding hydrogens is 624 g/mol. The third-order valence-corrected chi connectivity index (χ3v) is 9.82. The fourth-order valence-corrected chi connectivity index (χ4v) is 7.00. The number of hydrogen-bond acceptors (Lipinski definition) is 5. The lowest BCUT2D eigenvalue weighted by Crippen LogP contribution is -2.50. The Labute approximate surface area is 239 Å². The highest BCUT2D eigenvalue weighted by Crippen LogP contribution is 2.41. The van der Waals surface area contributed by atoms with Crippen LogP contribution in [-0.2, 0) is 22.4 Å². The van der Waals surface area contributed by atoms with Crippen LogP contribution in [0.3, 0.4) is 0 Å². The number of likely N-dealkylation sites (tertiary alicyclic amines) is 1. The number of aryl methyl sites for hydroxylation is 1. The minimum Gasteiger partial charge on any atom is -0.453 e. The van der Waals surface area contributed by atoms with Gasteiger partial charge < -0.3 is 14.5 Å². The van der Waals surface area contributed by atoms with Gasteiger partial charge in [-0.1, -0.05) is 17.7 Å². The Morgan fingerprint density at radius 3 is 2.49 bits per heavy atom. The number of amides is 2. The maximum Gasteiger partial charge on any atom is 0.409 e. The summed E-state index contributed by atoms with van der Waals surface area (Å²) in [4.78, 5) is 36.0. The maximum atomic E-state index is 13.2. The number of carbonyl (C=O) groups is 2. The minimum atomic E-state index is -0.279. The van der Waals surface area contributed by atoms with Crippen molar-refractivity contribution >= 4 is 55.5 Å². The Hall–Kier alpha value is -1.68. The van der Waals surface area contributed by atoms with Crippen molar-refractivity contribution in [3.63, 3.8) is 0 Å². The number of hydrogen-bond donors (Lipinski definition) is 0. The van der Waals surface area contributed by atoms with E-state index in [1.807, 2.05) is 17.2 Å². The van der Waals surface area contributed by atoms with E-state index in [4.69, 9.17) is 21.3 Å². The van der Waals surface area contributed by atoms with Gasteiger partial charge in [-0.2, -0.15) is 0 Å². The Bertz CT molecular complexity index is 1180. The van der Waals surface area contributed by atoms with Gasteiger partial charge in [0, 0.05) is 60.8 Å². The van der Waals surface area contributed by atoms with E-state index in [0.29, 0.717) is 38.5 Å². The van der Waals surface area contributed by atoms with Crippen molar-refractivity contribution in [3.8, 4) is 0 Å². The van der Waals surface area contributed by atoms with E-state index in [1.165, 1.54) is 23.8 Å². The summed E-state index contributed by atoms with van der Waals surface area (Å²) in [6.07, 6.45) is 5.63. The highest BCUT2D eigenvalue weighted by atomic mass is 79.9. The van der Waals surface area contributed by atoms with Crippen molar-refractivity contribution in [1.82, 2.24) is 19.7 Å². The number of pyridine rings is 1. The van der Waals surface area contributed by atoms with Crippen LogP contribution in [0, 0.1) is 5.92 Å². The molecule has 37 heavy (non-hydrogen) atoms. The fourth-order valence-electron chi connectivity index (χ4n) is 5.89. The van der Waals surface area contributed by atoms with Crippen LogP contribution in [0.1, 0.15) is 47.7 Å². The first-order chi connectivity index (χ1) is 17.9. The zero-order valence-corrected chi connectivity index (χ0v) is 24.8. The second kappa shape index (κ2) is 11.6. The summed E-state index contributed by atoms with van der Waals surface area (Å²) in [5.74, 6) is 0.534. The van der Waals surface area contributed by atoms with Crippen LogP contribution in [0.4, 0.5) is 4.79 Å². The van der Waals surface area contributed by atoms with E-state index in [2.05, 4.69) is 48.9 Å². The monoisotopic (exact) mass is 652 g/mol. The van der Waals surface area contributed by atoms with Gasteiger partial charge in [0.15, 0.2) is 0 Å². The predicted molar refractivity (Wildman–Crippen MR) is 150 cm³/mol. The third-order valence-electron chi connectivity index (χ3n) is 7.94. The number of rotatable bonds is 3. The first kappa shape index (κ1) is 26.9. The number of ether oxygens (including phenoxy) is 1. The van der Waals surface area contributed by atoms with Crippen LogP contribution >= 0.6 is 43.5 Å². The molecule has 0 bridgehead atoms. The Kier molecular flexibility index (Phi) is 8.43. The molecule has 0 spiro atoms. The quantitative estimate of drug-likeness (QED) is 0.440. The van der Waals surface area contributed by atoms with Gasteiger partial charge in [-0.25, -0.2) is 4.79 Å². The molecule has 2 aromatic rings. The number of carbonyl (C=O) groups excluding carboxylic acids is 2. The molecule has 2 saturated heterocycles. The average Bonchev–Trinajstić information content (AvgIpc) is 3.07. The van der Waals surface area contributed by atoms with E-state index < -0.39 is 0 Å². The summed E-state index contributed by atoms with van der Waals surface area (Å²) >= 11 is 13.8. The minimum absolute atomic E-state index is 0.0223. The normalized spacial score (nSPS) is 20.7. The number of benzene rings is 1. The first-order valence-corrected chi connectivity index (χ1v) is 14.8. The average molecular weight is 655 g/mol. The van der Waals surface area contributed by atoms with Crippen LogP contribution in [0.25, 0.3) is 0 Å². The summed E-state index contributed by atoms with van der Waals surface area (Å²) < 4.78 is 6.78. The Balaban J connectivity index is 1.28. The number of halogens is 3. The first-order valence-electron chi connectivity index (χ1n) is 12.8. The van der Waals surface area contributed by atoms with Crippen molar-refractivity contribution in [2.24, 2.45) is 5.92 Å². The van der Waals surface area contributed by atoms with Crippen LogP contribution in [-0.4, -0.2) is 78.1 Å². The molecule has 2 aliphatic heterocycles. The molecule has 2 fully saturated rings. The number of fused-ring (bicyclic) bond motifs is 2. The Morgan fingerprint density at radius 2 is 1.78 bits per heavy atom. The standard InChI is InChI=1S/C27H31Br2ClN4O3/c1-37-27(36)34-8-6-17(7-9-34)14-23(35)32-10-12-33(13-11-32)26-21-4-5-22(30)24(29)20(21)3-2-18-15-19(28)16-31-25(18)26/h4-5,15-17,26H,2-3,6-14H2,1H3. The molecule has 0 radical (unpaired) electrons. The molecule has 10 heteroatoms. The number of nitrogens with zero attached hydrogens (tertiary/aromatic N) is 4. The molecule has 1 aromatic carbocycles. The Morgan fingerprint density at radius 1 is 1.05 bits per heavy atom. The SMILES string of the molecule is COC(=O)N1CCC(CC(=O)N2CCN(C3c4ccc(Cl)c(Br)c4CCc4cc(Br)cnc43)CC2)CC1. The van der Waals surface area contributed by atoms with Crippen LogP contribution in [0.2, 0.25) is 5.02 Å². The van der Waals surface area contributed by atoms with Gasteiger partial charge in [0.05, 0.1) is 23.9 Å². The molecule has 1 unspecified atom stereocenters. The fraction of sp³-hybridized carbons (Fsp3) is 0.519. The predicted octanol–water partition coefficient (Wildman–Crippen LogP) is 5.46. The third kappa shape index (κ3) is 5.70. The molecule has 1 aromatic heterocycles. The zero-order chi connectivity index (χ0) is 26.1. The molecule has 7 nitrogen and oxygen atoms in total. The molecule has 3 aliphatic rings. The molecule has 1 aliphatic carbocycles. The largest absolute Gasteiger partial charge is 0.453 e. The summed E-state index contributed by atoms with van der Waals surface area (Å²) in [5, 5.41) is 0.727. The van der Waals surface area contributed by atoms with Crippen LogP contribution in [0.5, 0.6) is 0 Å².